The van der Waals surface area contributed by atoms with Crippen LogP contribution < -0.4 is 0 Å². The van der Waals surface area contributed by atoms with Crippen molar-refractivity contribution in [3.05, 3.63) is 60.7 Å². The molecule has 0 bridgehead atoms. The highest BCUT2D eigenvalue weighted by molar-refractivity contribution is 5.62. The second-order valence-corrected chi connectivity index (χ2v) is 5.27. The molecule has 0 aromatic heterocycles. The molecular formula is C19H22O. The third-order valence-corrected chi connectivity index (χ3v) is 3.72. The minimum atomic E-state index is 0.406. The molecule has 0 N–H and O–H groups in total. The zero-order chi connectivity index (χ0) is 14.0. The van der Waals surface area contributed by atoms with Gasteiger partial charge < -0.3 is 4.79 Å². The Morgan fingerprint density at radius 1 is 0.700 bits per heavy atom. The lowest BCUT2D eigenvalue weighted by molar-refractivity contribution is -0.111. The maximum atomic E-state index is 10.2. The number of carbonyl (C=O) groups excluding carboxylic acids is 1. The van der Waals surface area contributed by atoms with E-state index in [0.29, 0.717) is 5.92 Å². The van der Waals surface area contributed by atoms with Gasteiger partial charge in [0, 0.05) is 5.92 Å². The Hall–Kier alpha value is -1.89. The molecule has 0 amide bonds. The number of carbonyl (C=O) groups is 1. The molecule has 0 spiro atoms. The first-order valence-electron chi connectivity index (χ1n) is 7.46. The fourth-order valence-electron chi connectivity index (χ4n) is 2.53. The van der Waals surface area contributed by atoms with E-state index in [1.165, 1.54) is 30.4 Å². The molecule has 1 fully saturated rings. The molecule has 0 heterocycles. The number of aldehydes is 1. The SMILES string of the molecule is O=CC1CCCCC1.c1ccc(-c2ccccc2)cc1. The highest BCUT2D eigenvalue weighted by Gasteiger charge is 2.10. The van der Waals surface area contributed by atoms with Gasteiger partial charge in [0.25, 0.3) is 0 Å². The first-order chi connectivity index (χ1) is 9.90. The van der Waals surface area contributed by atoms with Gasteiger partial charge >= 0.3 is 0 Å². The second kappa shape index (κ2) is 8.31. The number of benzene rings is 2. The topological polar surface area (TPSA) is 17.1 Å². The third-order valence-electron chi connectivity index (χ3n) is 3.72. The molecule has 1 aliphatic rings. The molecule has 0 atom stereocenters. The van der Waals surface area contributed by atoms with E-state index in [-0.39, 0.29) is 0 Å². The van der Waals surface area contributed by atoms with Crippen LogP contribution in [0.2, 0.25) is 0 Å². The van der Waals surface area contributed by atoms with Gasteiger partial charge in [-0.15, -0.1) is 0 Å². The molecule has 1 heteroatoms. The standard InChI is InChI=1S/C12H10.C7H12O/c1-3-7-11(8-4-1)12-9-5-2-6-10-12;8-6-7-4-2-1-3-5-7/h1-10H;6-7H,1-5H2. The lowest BCUT2D eigenvalue weighted by Gasteiger charge is -2.14. The Bertz CT molecular complexity index is 446. The summed E-state index contributed by atoms with van der Waals surface area (Å²) >= 11 is 0. The predicted molar refractivity (Wildman–Crippen MR) is 84.5 cm³/mol. The van der Waals surface area contributed by atoms with Gasteiger partial charge in [-0.25, -0.2) is 0 Å². The van der Waals surface area contributed by atoms with Crippen molar-refractivity contribution >= 4 is 6.29 Å². The maximum Gasteiger partial charge on any atom is 0.123 e. The molecule has 1 nitrogen and oxygen atoms in total. The molecule has 1 aliphatic carbocycles. The Balaban J connectivity index is 0.000000160. The van der Waals surface area contributed by atoms with Gasteiger partial charge in [0.05, 0.1) is 0 Å². The van der Waals surface area contributed by atoms with E-state index in [9.17, 15) is 4.79 Å². The Morgan fingerprint density at radius 3 is 1.50 bits per heavy atom. The predicted octanol–water partition coefficient (Wildman–Crippen LogP) is 5.12. The molecule has 0 unspecified atom stereocenters. The lowest BCUT2D eigenvalue weighted by Crippen LogP contribution is -2.06. The van der Waals surface area contributed by atoms with Crippen molar-refractivity contribution in [2.75, 3.05) is 0 Å². The van der Waals surface area contributed by atoms with Crippen LogP contribution in [-0.4, -0.2) is 6.29 Å². The Morgan fingerprint density at radius 2 is 1.15 bits per heavy atom. The zero-order valence-corrected chi connectivity index (χ0v) is 11.9. The number of rotatable bonds is 2. The van der Waals surface area contributed by atoms with Crippen LogP contribution in [0, 0.1) is 5.92 Å². The van der Waals surface area contributed by atoms with Crippen molar-refractivity contribution in [1.82, 2.24) is 0 Å². The zero-order valence-electron chi connectivity index (χ0n) is 11.9. The summed E-state index contributed by atoms with van der Waals surface area (Å²) in [6.45, 7) is 0. The van der Waals surface area contributed by atoms with Gasteiger partial charge in [-0.2, -0.15) is 0 Å². The summed E-state index contributed by atoms with van der Waals surface area (Å²) in [7, 11) is 0. The van der Waals surface area contributed by atoms with Gasteiger partial charge in [0.1, 0.15) is 6.29 Å². The molecule has 0 aliphatic heterocycles. The summed E-state index contributed by atoms with van der Waals surface area (Å²) in [5.74, 6) is 0.406. The average molecular weight is 266 g/mol. The minimum absolute atomic E-state index is 0.406. The summed E-state index contributed by atoms with van der Waals surface area (Å²) in [4.78, 5) is 10.2. The van der Waals surface area contributed by atoms with Gasteiger partial charge in [-0.05, 0) is 24.0 Å². The molecular weight excluding hydrogens is 244 g/mol. The molecule has 2 aromatic rings. The van der Waals surface area contributed by atoms with E-state index in [2.05, 4.69) is 48.5 Å². The van der Waals surface area contributed by atoms with Crippen LogP contribution in [0.4, 0.5) is 0 Å². The summed E-state index contributed by atoms with van der Waals surface area (Å²) in [6.07, 6.45) is 7.27. The van der Waals surface area contributed by atoms with E-state index in [4.69, 9.17) is 0 Å². The quantitative estimate of drug-likeness (QED) is 0.689. The highest BCUT2D eigenvalue weighted by atomic mass is 16.1. The molecule has 0 radical (unpaired) electrons. The van der Waals surface area contributed by atoms with E-state index < -0.39 is 0 Å². The normalized spacial score (nSPS) is 15.0. The van der Waals surface area contributed by atoms with Crippen LogP contribution in [0.15, 0.2) is 60.7 Å². The number of hydrogen-bond donors (Lipinski definition) is 0. The van der Waals surface area contributed by atoms with Crippen molar-refractivity contribution in [3.63, 3.8) is 0 Å². The molecule has 1 saturated carbocycles. The van der Waals surface area contributed by atoms with Crippen LogP contribution in [0.25, 0.3) is 11.1 Å². The fourth-order valence-corrected chi connectivity index (χ4v) is 2.53. The van der Waals surface area contributed by atoms with Crippen LogP contribution in [0.1, 0.15) is 32.1 Å². The summed E-state index contributed by atoms with van der Waals surface area (Å²) < 4.78 is 0. The Labute approximate surface area is 121 Å². The van der Waals surface area contributed by atoms with Gasteiger partial charge in [0.15, 0.2) is 0 Å². The number of hydrogen-bond acceptors (Lipinski definition) is 1. The van der Waals surface area contributed by atoms with Crippen LogP contribution in [-0.2, 0) is 4.79 Å². The smallest absolute Gasteiger partial charge is 0.123 e. The van der Waals surface area contributed by atoms with Crippen molar-refractivity contribution < 1.29 is 4.79 Å². The van der Waals surface area contributed by atoms with Gasteiger partial charge in [-0.3, -0.25) is 0 Å². The molecule has 2 aromatic carbocycles. The van der Waals surface area contributed by atoms with Crippen LogP contribution in [0.3, 0.4) is 0 Å². The minimum Gasteiger partial charge on any atom is -0.303 e. The lowest BCUT2D eigenvalue weighted by atomic mass is 9.91. The first-order valence-corrected chi connectivity index (χ1v) is 7.46. The summed E-state index contributed by atoms with van der Waals surface area (Å²) in [5.41, 5.74) is 2.55. The fraction of sp³-hybridized carbons (Fsp3) is 0.316. The maximum absolute atomic E-state index is 10.2. The summed E-state index contributed by atoms with van der Waals surface area (Å²) in [6, 6.07) is 20.8. The van der Waals surface area contributed by atoms with Crippen molar-refractivity contribution in [2.24, 2.45) is 5.92 Å². The van der Waals surface area contributed by atoms with E-state index in [1.807, 2.05) is 12.1 Å². The molecule has 20 heavy (non-hydrogen) atoms. The monoisotopic (exact) mass is 266 g/mol. The molecule has 0 saturated heterocycles. The van der Waals surface area contributed by atoms with E-state index in [1.54, 1.807) is 0 Å². The van der Waals surface area contributed by atoms with Crippen LogP contribution >= 0.6 is 0 Å². The molecule has 3 rings (SSSR count). The summed E-state index contributed by atoms with van der Waals surface area (Å²) in [5, 5.41) is 0. The first kappa shape index (κ1) is 14.5. The Kier molecular flexibility index (Phi) is 6.04. The van der Waals surface area contributed by atoms with Crippen molar-refractivity contribution in [3.8, 4) is 11.1 Å². The van der Waals surface area contributed by atoms with Crippen molar-refractivity contribution in [1.29, 1.82) is 0 Å². The van der Waals surface area contributed by atoms with E-state index in [0.717, 1.165) is 19.1 Å². The van der Waals surface area contributed by atoms with Crippen molar-refractivity contribution in [2.45, 2.75) is 32.1 Å². The second-order valence-electron chi connectivity index (χ2n) is 5.27. The van der Waals surface area contributed by atoms with Gasteiger partial charge in [0.2, 0.25) is 0 Å². The van der Waals surface area contributed by atoms with Crippen LogP contribution in [0.5, 0.6) is 0 Å². The largest absolute Gasteiger partial charge is 0.303 e. The van der Waals surface area contributed by atoms with Gasteiger partial charge in [-0.1, -0.05) is 79.9 Å². The average Bonchev–Trinajstić information content (AvgIpc) is 2.58. The van der Waals surface area contributed by atoms with E-state index >= 15 is 0 Å². The highest BCUT2D eigenvalue weighted by Crippen LogP contribution is 2.21. The molecule has 104 valence electrons. The third kappa shape index (κ3) is 4.65.